The first-order valence-electron chi connectivity index (χ1n) is 9.12. The lowest BCUT2D eigenvalue weighted by Crippen LogP contribution is -2.27. The van der Waals surface area contributed by atoms with Crippen molar-refractivity contribution in [1.82, 2.24) is 10.2 Å². The first-order valence-corrected chi connectivity index (χ1v) is 11.1. The van der Waals surface area contributed by atoms with Crippen molar-refractivity contribution < 1.29 is 4.79 Å². The van der Waals surface area contributed by atoms with Gasteiger partial charge in [-0.2, -0.15) is 23.5 Å². The first-order chi connectivity index (χ1) is 11.4. The molecule has 1 aliphatic rings. The predicted octanol–water partition coefficient (Wildman–Crippen LogP) is 3.66. The Labute approximate surface area is 157 Å². The maximum Gasteiger partial charge on any atom is 0.220 e. The van der Waals surface area contributed by atoms with Gasteiger partial charge in [0.2, 0.25) is 5.91 Å². The van der Waals surface area contributed by atoms with Gasteiger partial charge in [0.05, 0.1) is 12.4 Å². The second-order valence-corrected chi connectivity index (χ2v) is 9.91. The summed E-state index contributed by atoms with van der Waals surface area (Å²) >= 11 is 4.27. The third kappa shape index (κ3) is 9.21. The zero-order chi connectivity index (χ0) is 17.9. The summed E-state index contributed by atoms with van der Waals surface area (Å²) in [6.07, 6.45) is 5.38. The number of hydrogen-bond acceptors (Lipinski definition) is 4. The van der Waals surface area contributed by atoms with Crippen molar-refractivity contribution in [1.29, 1.82) is 0 Å². The van der Waals surface area contributed by atoms with E-state index in [9.17, 15) is 4.79 Å². The van der Waals surface area contributed by atoms with Gasteiger partial charge in [-0.15, -0.1) is 0 Å². The van der Waals surface area contributed by atoms with Crippen LogP contribution in [0.2, 0.25) is 0 Å². The largest absolute Gasteiger partial charge is 0.367 e. The van der Waals surface area contributed by atoms with Gasteiger partial charge in [-0.3, -0.25) is 9.79 Å². The molecule has 3 atom stereocenters. The zero-order valence-electron chi connectivity index (χ0n) is 16.0. The van der Waals surface area contributed by atoms with E-state index < -0.39 is 0 Å². The highest BCUT2D eigenvalue weighted by molar-refractivity contribution is 8.04. The van der Waals surface area contributed by atoms with Crippen LogP contribution in [-0.4, -0.2) is 65.3 Å². The van der Waals surface area contributed by atoms with Crippen molar-refractivity contribution in [3.05, 3.63) is 0 Å². The van der Waals surface area contributed by atoms with Crippen LogP contribution in [0.5, 0.6) is 0 Å². The highest BCUT2D eigenvalue weighted by Crippen LogP contribution is 2.36. The van der Waals surface area contributed by atoms with Gasteiger partial charge in [-0.25, -0.2) is 0 Å². The van der Waals surface area contributed by atoms with E-state index in [1.807, 2.05) is 25.9 Å². The molecule has 1 rings (SSSR count). The molecular formula is C18H35N3OS2. The van der Waals surface area contributed by atoms with Crippen molar-refractivity contribution in [2.24, 2.45) is 4.99 Å². The standard InChI is InChI=1S/C18H35N3OS2/c1-14-15(2)24-17(10-13-23-14)8-6-7-9-18(22)20-12-11-19-16(3)21(4)5/h14-15,17H,6-13H2,1-5H3,(H,20,22). The quantitative estimate of drug-likeness (QED) is 0.401. The summed E-state index contributed by atoms with van der Waals surface area (Å²) in [7, 11) is 3.95. The van der Waals surface area contributed by atoms with Crippen LogP contribution in [0, 0.1) is 0 Å². The molecule has 0 aromatic rings. The smallest absolute Gasteiger partial charge is 0.220 e. The van der Waals surface area contributed by atoms with Gasteiger partial charge >= 0.3 is 0 Å². The molecule has 0 aliphatic carbocycles. The van der Waals surface area contributed by atoms with E-state index in [-0.39, 0.29) is 5.91 Å². The normalized spacial score (nSPS) is 25.2. The summed E-state index contributed by atoms with van der Waals surface area (Å²) in [6.45, 7) is 7.97. The molecule has 0 spiro atoms. The van der Waals surface area contributed by atoms with Crippen LogP contribution in [0.1, 0.15) is 52.9 Å². The molecule has 1 saturated heterocycles. The Morgan fingerprint density at radius 1 is 1.25 bits per heavy atom. The molecule has 24 heavy (non-hydrogen) atoms. The number of amidine groups is 1. The van der Waals surface area contributed by atoms with E-state index in [0.717, 1.165) is 34.4 Å². The van der Waals surface area contributed by atoms with E-state index in [4.69, 9.17) is 0 Å². The number of carbonyl (C=O) groups is 1. The number of nitrogens with one attached hydrogen (secondary N) is 1. The minimum absolute atomic E-state index is 0.166. The van der Waals surface area contributed by atoms with Crippen molar-refractivity contribution in [2.75, 3.05) is 32.9 Å². The van der Waals surface area contributed by atoms with Gasteiger partial charge in [0.25, 0.3) is 0 Å². The molecule has 4 nitrogen and oxygen atoms in total. The number of unbranched alkanes of at least 4 members (excludes halogenated alkanes) is 1. The van der Waals surface area contributed by atoms with Crippen LogP contribution in [0.3, 0.4) is 0 Å². The van der Waals surface area contributed by atoms with Gasteiger partial charge in [0.1, 0.15) is 0 Å². The molecule has 0 aromatic heterocycles. The van der Waals surface area contributed by atoms with Crippen LogP contribution in [0.15, 0.2) is 4.99 Å². The Balaban J connectivity index is 2.08. The first kappa shape index (κ1) is 21.7. The molecule has 1 amide bonds. The number of amides is 1. The van der Waals surface area contributed by atoms with Gasteiger partial charge in [-0.05, 0) is 31.9 Å². The lowest BCUT2D eigenvalue weighted by atomic mass is 10.1. The third-order valence-corrected chi connectivity index (χ3v) is 7.76. The van der Waals surface area contributed by atoms with E-state index in [1.54, 1.807) is 0 Å². The molecule has 1 aliphatic heterocycles. The topological polar surface area (TPSA) is 44.7 Å². The van der Waals surface area contributed by atoms with Gasteiger partial charge in [-0.1, -0.05) is 20.3 Å². The molecule has 1 fully saturated rings. The number of nitrogens with zero attached hydrogens (tertiary/aromatic N) is 2. The molecule has 0 radical (unpaired) electrons. The fourth-order valence-corrected chi connectivity index (χ4v) is 5.54. The average Bonchev–Trinajstić information content (AvgIpc) is 2.69. The Hall–Kier alpha value is -0.360. The molecular weight excluding hydrogens is 338 g/mol. The summed E-state index contributed by atoms with van der Waals surface area (Å²) in [6, 6.07) is 0. The molecule has 0 aromatic carbocycles. The SMILES string of the molecule is CC(=NCCNC(=O)CCCCC1CCSC(C)C(C)S1)N(C)C. The van der Waals surface area contributed by atoms with Gasteiger partial charge in [0, 0.05) is 42.8 Å². The number of aliphatic imine (C=N–C) groups is 1. The molecule has 1 heterocycles. The fraction of sp³-hybridized carbons (Fsp3) is 0.889. The molecule has 0 saturated carbocycles. The van der Waals surface area contributed by atoms with Crippen molar-refractivity contribution >= 4 is 35.3 Å². The van der Waals surface area contributed by atoms with Crippen LogP contribution in [-0.2, 0) is 4.79 Å². The zero-order valence-corrected chi connectivity index (χ0v) is 17.6. The minimum Gasteiger partial charge on any atom is -0.367 e. The number of carbonyl (C=O) groups excluding carboxylic acids is 1. The van der Waals surface area contributed by atoms with Crippen LogP contribution in [0.4, 0.5) is 0 Å². The summed E-state index contributed by atoms with van der Waals surface area (Å²) in [5.74, 6) is 2.45. The Morgan fingerprint density at radius 2 is 2.00 bits per heavy atom. The average molecular weight is 374 g/mol. The maximum absolute atomic E-state index is 11.8. The van der Waals surface area contributed by atoms with Gasteiger partial charge in [0.15, 0.2) is 0 Å². The summed E-state index contributed by atoms with van der Waals surface area (Å²) in [5.41, 5.74) is 0. The molecule has 1 N–H and O–H groups in total. The van der Waals surface area contributed by atoms with E-state index >= 15 is 0 Å². The Bertz CT molecular complexity index is 402. The van der Waals surface area contributed by atoms with Gasteiger partial charge < -0.3 is 10.2 Å². The van der Waals surface area contributed by atoms with Crippen LogP contribution >= 0.6 is 23.5 Å². The Kier molecular flexibility index (Phi) is 10.9. The van der Waals surface area contributed by atoms with Crippen molar-refractivity contribution in [2.45, 2.75) is 68.6 Å². The van der Waals surface area contributed by atoms with E-state index in [1.165, 1.54) is 18.6 Å². The second kappa shape index (κ2) is 12.1. The second-order valence-electron chi connectivity index (χ2n) is 6.75. The van der Waals surface area contributed by atoms with Crippen molar-refractivity contribution in [3.63, 3.8) is 0 Å². The Morgan fingerprint density at radius 3 is 2.71 bits per heavy atom. The number of hydrogen-bond donors (Lipinski definition) is 1. The monoisotopic (exact) mass is 373 g/mol. The molecule has 0 bridgehead atoms. The lowest BCUT2D eigenvalue weighted by molar-refractivity contribution is -0.121. The molecule has 140 valence electrons. The lowest BCUT2D eigenvalue weighted by Gasteiger charge is -2.19. The molecule has 6 heteroatoms. The highest BCUT2D eigenvalue weighted by Gasteiger charge is 2.22. The third-order valence-electron chi connectivity index (χ3n) is 4.49. The van der Waals surface area contributed by atoms with Crippen LogP contribution in [0.25, 0.3) is 0 Å². The summed E-state index contributed by atoms with van der Waals surface area (Å²) < 4.78 is 0. The summed E-state index contributed by atoms with van der Waals surface area (Å²) in [5, 5.41) is 5.26. The fourth-order valence-electron chi connectivity index (χ4n) is 2.52. The predicted molar refractivity (Wildman–Crippen MR) is 111 cm³/mol. The number of thioether (sulfide) groups is 2. The number of rotatable bonds is 8. The van der Waals surface area contributed by atoms with E-state index in [0.29, 0.717) is 19.5 Å². The summed E-state index contributed by atoms with van der Waals surface area (Å²) in [4.78, 5) is 18.2. The van der Waals surface area contributed by atoms with Crippen molar-refractivity contribution in [3.8, 4) is 0 Å². The van der Waals surface area contributed by atoms with Crippen LogP contribution < -0.4 is 5.32 Å². The van der Waals surface area contributed by atoms with E-state index in [2.05, 4.69) is 47.7 Å². The minimum atomic E-state index is 0.166. The highest BCUT2D eigenvalue weighted by atomic mass is 32.2. The molecule has 3 unspecified atom stereocenters. The maximum atomic E-state index is 11.8.